The van der Waals surface area contributed by atoms with E-state index in [1.165, 1.54) is 0 Å². The lowest BCUT2D eigenvalue weighted by Gasteiger charge is -2.12. The lowest BCUT2D eigenvalue weighted by Crippen LogP contribution is -2.00. The predicted molar refractivity (Wildman–Crippen MR) is 106 cm³/mol. The summed E-state index contributed by atoms with van der Waals surface area (Å²) < 4.78 is 16.8. The highest BCUT2D eigenvalue weighted by Crippen LogP contribution is 2.33. The van der Waals surface area contributed by atoms with Crippen molar-refractivity contribution >= 4 is 22.5 Å². The van der Waals surface area contributed by atoms with Crippen molar-refractivity contribution in [1.82, 2.24) is 4.98 Å². The van der Waals surface area contributed by atoms with Crippen molar-refractivity contribution in [3.05, 3.63) is 48.5 Å². The van der Waals surface area contributed by atoms with Crippen molar-refractivity contribution in [3.63, 3.8) is 0 Å². The Morgan fingerprint density at radius 1 is 0.923 bits per heavy atom. The second-order valence-electron chi connectivity index (χ2n) is 5.80. The van der Waals surface area contributed by atoms with Gasteiger partial charge in [0.2, 0.25) is 0 Å². The molecule has 0 aliphatic rings. The average molecular weight is 372 g/mol. The summed E-state index contributed by atoms with van der Waals surface area (Å²) in [5, 5.41) is 0.904. The van der Waals surface area contributed by atoms with Crippen molar-refractivity contribution in [2.45, 2.75) is 13.3 Å². The predicted octanol–water partition coefficient (Wildman–Crippen LogP) is 5.32. The molecule has 0 radical (unpaired) electrons. The molecule has 0 bridgehead atoms. The van der Waals surface area contributed by atoms with E-state index in [2.05, 4.69) is 6.92 Å². The van der Waals surface area contributed by atoms with Crippen LogP contribution in [0.25, 0.3) is 22.2 Å². The van der Waals surface area contributed by atoms with Gasteiger partial charge in [0.1, 0.15) is 23.9 Å². The third-order valence-corrected chi connectivity index (χ3v) is 4.09. The maximum absolute atomic E-state index is 5.85. The zero-order valence-electron chi connectivity index (χ0n) is 15.0. The van der Waals surface area contributed by atoms with Gasteiger partial charge < -0.3 is 14.2 Å². The first-order valence-corrected chi connectivity index (χ1v) is 9.19. The zero-order valence-corrected chi connectivity index (χ0v) is 15.8. The van der Waals surface area contributed by atoms with Crippen LogP contribution in [0, 0.1) is 0 Å². The number of pyridine rings is 1. The highest BCUT2D eigenvalue weighted by Gasteiger charge is 2.10. The van der Waals surface area contributed by atoms with Crippen molar-refractivity contribution in [3.8, 4) is 28.5 Å². The van der Waals surface area contributed by atoms with Gasteiger partial charge in [0.05, 0.1) is 30.8 Å². The first-order chi connectivity index (χ1) is 12.7. The van der Waals surface area contributed by atoms with E-state index in [-0.39, 0.29) is 0 Å². The number of hydrogen-bond donors (Lipinski definition) is 0. The van der Waals surface area contributed by atoms with E-state index in [0.717, 1.165) is 45.8 Å². The van der Waals surface area contributed by atoms with E-state index in [4.69, 9.17) is 30.8 Å². The third kappa shape index (κ3) is 4.20. The van der Waals surface area contributed by atoms with Crippen molar-refractivity contribution in [2.24, 2.45) is 0 Å². The summed E-state index contributed by atoms with van der Waals surface area (Å²) in [5.41, 5.74) is 2.69. The maximum Gasteiger partial charge on any atom is 0.131 e. The van der Waals surface area contributed by atoms with E-state index in [1.807, 2.05) is 48.5 Å². The standard InChI is InChI=1S/C21H22ClNO3/c1-3-11-25-16-6-4-15(5-7-16)20-14-21(26-12-10-22)18-13-17(24-2)8-9-19(18)23-20/h4-9,13-14H,3,10-12H2,1-2H3. The molecule has 1 heterocycles. The normalized spacial score (nSPS) is 10.7. The van der Waals surface area contributed by atoms with E-state index in [0.29, 0.717) is 19.1 Å². The fraction of sp³-hybridized carbons (Fsp3) is 0.286. The number of nitrogens with zero attached hydrogens (tertiary/aromatic N) is 1. The third-order valence-electron chi connectivity index (χ3n) is 3.94. The Morgan fingerprint density at radius 2 is 1.69 bits per heavy atom. The Balaban J connectivity index is 2.00. The molecule has 136 valence electrons. The van der Waals surface area contributed by atoms with E-state index in [9.17, 15) is 0 Å². The number of rotatable bonds is 8. The molecule has 1 aromatic heterocycles. The number of methoxy groups -OCH3 is 1. The summed E-state index contributed by atoms with van der Waals surface area (Å²) in [6.45, 7) is 3.23. The van der Waals surface area contributed by atoms with Crippen LogP contribution in [-0.4, -0.2) is 31.2 Å². The van der Waals surface area contributed by atoms with E-state index < -0.39 is 0 Å². The Kier molecular flexibility index (Phi) is 6.18. The first-order valence-electron chi connectivity index (χ1n) is 8.66. The molecule has 3 aromatic rings. The van der Waals surface area contributed by atoms with Gasteiger partial charge in [-0.2, -0.15) is 0 Å². The monoisotopic (exact) mass is 371 g/mol. The van der Waals surface area contributed by atoms with Crippen molar-refractivity contribution < 1.29 is 14.2 Å². The van der Waals surface area contributed by atoms with Crippen LogP contribution in [-0.2, 0) is 0 Å². The van der Waals surface area contributed by atoms with Gasteiger partial charge in [-0.15, -0.1) is 11.6 Å². The van der Waals surface area contributed by atoms with Crippen LogP contribution in [0.15, 0.2) is 48.5 Å². The summed E-state index contributed by atoms with van der Waals surface area (Å²) in [6, 6.07) is 15.6. The highest BCUT2D eigenvalue weighted by molar-refractivity contribution is 6.18. The summed E-state index contributed by atoms with van der Waals surface area (Å²) in [7, 11) is 1.64. The van der Waals surface area contributed by atoms with Gasteiger partial charge in [-0.25, -0.2) is 4.98 Å². The topological polar surface area (TPSA) is 40.6 Å². The quantitative estimate of drug-likeness (QED) is 0.503. The number of benzene rings is 2. The molecule has 26 heavy (non-hydrogen) atoms. The number of aromatic nitrogens is 1. The van der Waals surface area contributed by atoms with Crippen LogP contribution in [0.2, 0.25) is 0 Å². The maximum atomic E-state index is 5.85. The van der Waals surface area contributed by atoms with Crippen LogP contribution in [0.1, 0.15) is 13.3 Å². The molecule has 2 aromatic carbocycles. The van der Waals surface area contributed by atoms with Crippen molar-refractivity contribution in [2.75, 3.05) is 26.2 Å². The van der Waals surface area contributed by atoms with Crippen molar-refractivity contribution in [1.29, 1.82) is 0 Å². The Labute approximate surface area is 158 Å². The Morgan fingerprint density at radius 3 is 2.38 bits per heavy atom. The SMILES string of the molecule is CCCOc1ccc(-c2cc(OCCCl)c3cc(OC)ccc3n2)cc1. The molecule has 0 amide bonds. The van der Waals surface area contributed by atoms with Gasteiger partial charge in [-0.1, -0.05) is 6.92 Å². The molecule has 0 spiro atoms. The van der Waals surface area contributed by atoms with Gasteiger partial charge in [-0.05, 0) is 48.9 Å². The molecule has 0 fully saturated rings. The number of alkyl halides is 1. The fourth-order valence-electron chi connectivity index (χ4n) is 2.66. The van der Waals surface area contributed by atoms with Gasteiger partial charge in [-0.3, -0.25) is 0 Å². The molecule has 0 aliphatic carbocycles. The largest absolute Gasteiger partial charge is 0.497 e. The molecule has 3 rings (SSSR count). The average Bonchev–Trinajstić information content (AvgIpc) is 2.70. The molecular weight excluding hydrogens is 350 g/mol. The molecule has 5 heteroatoms. The Hall–Kier alpha value is -2.46. The molecule has 0 N–H and O–H groups in total. The molecule has 0 saturated carbocycles. The number of ether oxygens (including phenoxy) is 3. The van der Waals surface area contributed by atoms with Gasteiger partial charge in [0.25, 0.3) is 0 Å². The van der Waals surface area contributed by atoms with Crippen LogP contribution in [0.5, 0.6) is 17.2 Å². The van der Waals surface area contributed by atoms with Crippen LogP contribution >= 0.6 is 11.6 Å². The number of hydrogen-bond acceptors (Lipinski definition) is 4. The summed E-state index contributed by atoms with van der Waals surface area (Å²) in [4.78, 5) is 4.77. The van der Waals surface area contributed by atoms with Gasteiger partial charge in [0, 0.05) is 17.0 Å². The molecular formula is C21H22ClNO3. The fourth-order valence-corrected chi connectivity index (χ4v) is 2.74. The minimum absolute atomic E-state index is 0.423. The lowest BCUT2D eigenvalue weighted by atomic mass is 10.1. The summed E-state index contributed by atoms with van der Waals surface area (Å²) in [6.07, 6.45) is 0.985. The van der Waals surface area contributed by atoms with E-state index in [1.54, 1.807) is 7.11 Å². The molecule has 0 aliphatic heterocycles. The smallest absolute Gasteiger partial charge is 0.131 e. The van der Waals surface area contributed by atoms with Crippen LogP contribution < -0.4 is 14.2 Å². The minimum atomic E-state index is 0.423. The zero-order chi connectivity index (χ0) is 18.4. The number of fused-ring (bicyclic) bond motifs is 1. The second-order valence-corrected chi connectivity index (χ2v) is 6.18. The van der Waals surface area contributed by atoms with Crippen LogP contribution in [0.4, 0.5) is 0 Å². The van der Waals surface area contributed by atoms with E-state index >= 15 is 0 Å². The number of halogens is 1. The molecule has 4 nitrogen and oxygen atoms in total. The first kappa shape index (κ1) is 18.3. The molecule has 0 saturated heterocycles. The lowest BCUT2D eigenvalue weighted by molar-refractivity contribution is 0.317. The van der Waals surface area contributed by atoms with Gasteiger partial charge >= 0.3 is 0 Å². The molecule has 0 unspecified atom stereocenters. The Bertz CT molecular complexity index is 865. The van der Waals surface area contributed by atoms with Crippen LogP contribution in [0.3, 0.4) is 0 Å². The summed E-state index contributed by atoms with van der Waals surface area (Å²) in [5.74, 6) is 2.79. The highest BCUT2D eigenvalue weighted by atomic mass is 35.5. The molecule has 0 atom stereocenters. The second kappa shape index (κ2) is 8.77. The summed E-state index contributed by atoms with van der Waals surface area (Å²) >= 11 is 5.80. The minimum Gasteiger partial charge on any atom is -0.497 e. The van der Waals surface area contributed by atoms with Gasteiger partial charge in [0.15, 0.2) is 0 Å².